The van der Waals surface area contributed by atoms with Crippen molar-refractivity contribution in [1.82, 2.24) is 4.98 Å². The number of pyridine rings is 1. The van der Waals surface area contributed by atoms with Crippen molar-refractivity contribution in [2.75, 3.05) is 11.5 Å². The summed E-state index contributed by atoms with van der Waals surface area (Å²) in [7, 11) is 0. The van der Waals surface area contributed by atoms with Crippen molar-refractivity contribution in [3.8, 4) is 0 Å². The molecule has 2 heteroatoms. The molecule has 12 heavy (non-hydrogen) atoms. The molecule has 65 valence electrons. The topological polar surface area (TPSA) is 12.9 Å². The van der Waals surface area contributed by atoms with Crippen LogP contribution in [-0.4, -0.2) is 16.5 Å². The zero-order valence-electron chi connectivity index (χ0n) is 7.20. The van der Waals surface area contributed by atoms with Crippen LogP contribution < -0.4 is 0 Å². The first-order chi connectivity index (χ1) is 5.93. The van der Waals surface area contributed by atoms with Gasteiger partial charge in [0.15, 0.2) is 0 Å². The maximum atomic E-state index is 4.25. The molecule has 0 unspecified atom stereocenters. The molecule has 0 atom stereocenters. The summed E-state index contributed by atoms with van der Waals surface area (Å²) in [6, 6.07) is 6.06. The standard InChI is InChI=1S/C10H14NS/c1-2-8-12-9-6-10-5-3-4-7-11-10/h3-5,7H,1-2,6,8-9H2. The van der Waals surface area contributed by atoms with E-state index >= 15 is 0 Å². The first-order valence-electron chi connectivity index (χ1n) is 4.20. The van der Waals surface area contributed by atoms with Crippen molar-refractivity contribution in [1.29, 1.82) is 0 Å². The van der Waals surface area contributed by atoms with Crippen LogP contribution in [0.2, 0.25) is 0 Å². The number of thioether (sulfide) groups is 1. The molecule has 0 aliphatic rings. The van der Waals surface area contributed by atoms with E-state index in [9.17, 15) is 0 Å². The third-order valence-electron chi connectivity index (χ3n) is 1.52. The number of hydrogen-bond donors (Lipinski definition) is 0. The highest BCUT2D eigenvalue weighted by Gasteiger charge is 1.92. The number of aromatic nitrogens is 1. The first-order valence-corrected chi connectivity index (χ1v) is 5.36. The molecule has 0 bridgehead atoms. The van der Waals surface area contributed by atoms with E-state index in [1.54, 1.807) is 0 Å². The Labute approximate surface area is 78.6 Å². The lowest BCUT2D eigenvalue weighted by Crippen LogP contribution is -1.91. The molecular weight excluding hydrogens is 166 g/mol. The molecule has 0 amide bonds. The summed E-state index contributed by atoms with van der Waals surface area (Å²) >= 11 is 1.95. The molecule has 1 nitrogen and oxygen atoms in total. The molecule has 0 N–H and O–H groups in total. The molecule has 1 aromatic rings. The predicted molar refractivity (Wildman–Crippen MR) is 55.2 cm³/mol. The minimum absolute atomic E-state index is 1.02. The fraction of sp³-hybridized carbons (Fsp3) is 0.400. The molecule has 0 saturated carbocycles. The lowest BCUT2D eigenvalue weighted by atomic mass is 10.3. The van der Waals surface area contributed by atoms with Crippen molar-refractivity contribution < 1.29 is 0 Å². The monoisotopic (exact) mass is 180 g/mol. The van der Waals surface area contributed by atoms with Gasteiger partial charge in [0, 0.05) is 11.9 Å². The quantitative estimate of drug-likeness (QED) is 0.646. The Bertz CT molecular complexity index is 198. The van der Waals surface area contributed by atoms with Gasteiger partial charge in [0.1, 0.15) is 0 Å². The van der Waals surface area contributed by atoms with Crippen LogP contribution in [0.25, 0.3) is 0 Å². The minimum Gasteiger partial charge on any atom is -0.261 e. The molecule has 0 saturated heterocycles. The Morgan fingerprint density at radius 1 is 1.33 bits per heavy atom. The number of hydrogen-bond acceptors (Lipinski definition) is 2. The van der Waals surface area contributed by atoms with Gasteiger partial charge in [0.05, 0.1) is 0 Å². The molecular formula is C10H14NS. The fourth-order valence-corrected chi connectivity index (χ4v) is 1.69. The molecule has 0 fully saturated rings. The van der Waals surface area contributed by atoms with Crippen molar-refractivity contribution in [3.05, 3.63) is 37.0 Å². The summed E-state index contributed by atoms with van der Waals surface area (Å²) in [5, 5.41) is 0. The van der Waals surface area contributed by atoms with Crippen LogP contribution in [0.15, 0.2) is 24.4 Å². The van der Waals surface area contributed by atoms with Gasteiger partial charge >= 0.3 is 0 Å². The molecule has 0 aromatic carbocycles. The Balaban J connectivity index is 2.16. The summed E-state index contributed by atoms with van der Waals surface area (Å²) < 4.78 is 0. The highest BCUT2D eigenvalue weighted by atomic mass is 32.2. The Hall–Kier alpha value is -0.500. The fourth-order valence-electron chi connectivity index (χ4n) is 0.927. The number of rotatable bonds is 5. The normalized spacial score (nSPS) is 10.1. The molecule has 1 heterocycles. The largest absolute Gasteiger partial charge is 0.261 e. The van der Waals surface area contributed by atoms with Crippen molar-refractivity contribution in [3.63, 3.8) is 0 Å². The average molecular weight is 180 g/mol. The van der Waals surface area contributed by atoms with Crippen LogP contribution in [-0.2, 0) is 6.42 Å². The second-order valence-corrected chi connectivity index (χ2v) is 3.76. The van der Waals surface area contributed by atoms with Gasteiger partial charge in [-0.3, -0.25) is 4.98 Å². The lowest BCUT2D eigenvalue weighted by molar-refractivity contribution is 1.04. The third kappa shape index (κ3) is 3.77. The van der Waals surface area contributed by atoms with Crippen LogP contribution in [0.5, 0.6) is 0 Å². The maximum Gasteiger partial charge on any atom is 0.0411 e. The molecule has 1 rings (SSSR count). The lowest BCUT2D eigenvalue weighted by Gasteiger charge is -1.98. The van der Waals surface area contributed by atoms with E-state index in [1.807, 2.05) is 30.1 Å². The molecule has 1 radical (unpaired) electrons. The van der Waals surface area contributed by atoms with E-state index in [2.05, 4.69) is 18.0 Å². The minimum atomic E-state index is 1.02. The van der Waals surface area contributed by atoms with Gasteiger partial charge < -0.3 is 0 Å². The second-order valence-electron chi connectivity index (χ2n) is 2.54. The van der Waals surface area contributed by atoms with Gasteiger partial charge in [0.25, 0.3) is 0 Å². The average Bonchev–Trinajstić information content (AvgIpc) is 2.14. The maximum absolute atomic E-state index is 4.25. The zero-order valence-corrected chi connectivity index (χ0v) is 8.02. The van der Waals surface area contributed by atoms with E-state index in [4.69, 9.17) is 0 Å². The summed E-state index contributed by atoms with van der Waals surface area (Å²) in [5.74, 6) is 2.32. The Morgan fingerprint density at radius 2 is 2.25 bits per heavy atom. The Morgan fingerprint density at radius 3 is 2.92 bits per heavy atom. The Kier molecular flexibility index (Phi) is 4.85. The van der Waals surface area contributed by atoms with E-state index in [-0.39, 0.29) is 0 Å². The van der Waals surface area contributed by atoms with Gasteiger partial charge in [-0.2, -0.15) is 11.8 Å². The van der Waals surface area contributed by atoms with Gasteiger partial charge in [-0.1, -0.05) is 13.0 Å². The highest BCUT2D eigenvalue weighted by Crippen LogP contribution is 2.05. The molecule has 0 spiro atoms. The smallest absolute Gasteiger partial charge is 0.0411 e. The SMILES string of the molecule is [CH2]CCSCCc1ccccn1. The molecule has 0 aliphatic carbocycles. The molecule has 1 aromatic heterocycles. The number of aryl methyl sites for hydroxylation is 1. The van der Waals surface area contributed by atoms with E-state index in [1.165, 1.54) is 5.69 Å². The molecule has 0 aliphatic heterocycles. The third-order valence-corrected chi connectivity index (χ3v) is 2.59. The van der Waals surface area contributed by atoms with E-state index in [0.717, 1.165) is 24.3 Å². The zero-order chi connectivity index (χ0) is 8.65. The van der Waals surface area contributed by atoms with Crippen LogP contribution >= 0.6 is 11.8 Å². The highest BCUT2D eigenvalue weighted by molar-refractivity contribution is 7.99. The summed E-state index contributed by atoms with van der Waals surface area (Å²) in [6.07, 6.45) is 3.94. The van der Waals surface area contributed by atoms with Crippen molar-refractivity contribution in [2.45, 2.75) is 12.8 Å². The second kappa shape index (κ2) is 6.06. The van der Waals surface area contributed by atoms with Crippen LogP contribution in [0.3, 0.4) is 0 Å². The van der Waals surface area contributed by atoms with Crippen LogP contribution in [0, 0.1) is 6.92 Å². The van der Waals surface area contributed by atoms with Gasteiger partial charge in [-0.15, -0.1) is 0 Å². The van der Waals surface area contributed by atoms with Crippen LogP contribution in [0.4, 0.5) is 0 Å². The van der Waals surface area contributed by atoms with Crippen molar-refractivity contribution >= 4 is 11.8 Å². The summed E-state index contributed by atoms with van der Waals surface area (Å²) in [5.41, 5.74) is 1.19. The van der Waals surface area contributed by atoms with Gasteiger partial charge in [-0.05, 0) is 36.5 Å². The number of nitrogens with zero attached hydrogens (tertiary/aromatic N) is 1. The first kappa shape index (κ1) is 9.59. The van der Waals surface area contributed by atoms with Crippen LogP contribution in [0.1, 0.15) is 12.1 Å². The van der Waals surface area contributed by atoms with E-state index in [0.29, 0.717) is 0 Å². The van der Waals surface area contributed by atoms with Crippen molar-refractivity contribution in [2.24, 2.45) is 0 Å². The summed E-state index contributed by atoms with van der Waals surface area (Å²) in [6.45, 7) is 3.79. The summed E-state index contributed by atoms with van der Waals surface area (Å²) in [4.78, 5) is 4.25. The predicted octanol–water partition coefficient (Wildman–Crippen LogP) is 2.58. The van der Waals surface area contributed by atoms with E-state index < -0.39 is 0 Å². The van der Waals surface area contributed by atoms with Gasteiger partial charge in [0.2, 0.25) is 0 Å². The van der Waals surface area contributed by atoms with Gasteiger partial charge in [-0.25, -0.2) is 0 Å².